The molecule has 2 rings (SSSR count). The number of hydrogen-bond donors (Lipinski definition) is 0. The minimum atomic E-state index is 0.101. The van der Waals surface area contributed by atoms with Crippen molar-refractivity contribution in [1.29, 1.82) is 0 Å². The first-order chi connectivity index (χ1) is 8.09. The van der Waals surface area contributed by atoms with Crippen LogP contribution in [0.25, 0.3) is 11.1 Å². The Bertz CT molecular complexity index is 527. The first-order valence-electron chi connectivity index (χ1n) is 5.96. The average Bonchev–Trinajstić information content (AvgIpc) is 2.32. The van der Waals surface area contributed by atoms with Gasteiger partial charge >= 0.3 is 0 Å². The molecule has 0 spiro atoms. The minimum Gasteiger partial charge on any atom is -0.289 e. The van der Waals surface area contributed by atoms with E-state index in [1.807, 2.05) is 37.3 Å². The molecule has 0 aliphatic heterocycles. The molecule has 0 unspecified atom stereocenters. The first kappa shape index (κ1) is 11.7. The van der Waals surface area contributed by atoms with Gasteiger partial charge in [-0.2, -0.15) is 0 Å². The molecule has 0 bridgehead atoms. The van der Waals surface area contributed by atoms with E-state index in [2.05, 4.69) is 19.9 Å². The van der Waals surface area contributed by atoms with Crippen LogP contribution in [0, 0.1) is 6.92 Å². The van der Waals surface area contributed by atoms with Crippen molar-refractivity contribution >= 4 is 0 Å². The van der Waals surface area contributed by atoms with Gasteiger partial charge in [0.1, 0.15) is 0 Å². The Labute approximate surface area is 103 Å². The molecule has 87 valence electrons. The third-order valence-electron chi connectivity index (χ3n) is 3.01. The Kier molecular flexibility index (Phi) is 3.19. The molecule has 0 amide bonds. The van der Waals surface area contributed by atoms with E-state index in [1.54, 1.807) is 6.07 Å². The van der Waals surface area contributed by atoms with Gasteiger partial charge in [0.15, 0.2) is 5.75 Å². The highest BCUT2D eigenvalue weighted by molar-refractivity contribution is 5.74. The maximum Gasteiger partial charge on any atom is 0.186 e. The van der Waals surface area contributed by atoms with E-state index in [4.69, 9.17) is 0 Å². The van der Waals surface area contributed by atoms with Crippen LogP contribution in [-0.4, -0.2) is 0 Å². The highest BCUT2D eigenvalue weighted by Gasteiger charge is 2.12. The van der Waals surface area contributed by atoms with Gasteiger partial charge in [0.2, 0.25) is 0 Å². The highest BCUT2D eigenvalue weighted by Crippen LogP contribution is 2.35. The lowest BCUT2D eigenvalue weighted by Gasteiger charge is -2.13. The zero-order valence-electron chi connectivity index (χ0n) is 10.5. The predicted molar refractivity (Wildman–Crippen MR) is 70.8 cm³/mol. The fourth-order valence-electron chi connectivity index (χ4n) is 2.10. The minimum absolute atomic E-state index is 0.101. The van der Waals surface area contributed by atoms with E-state index in [0.29, 0.717) is 5.92 Å². The standard InChI is InChI=1S/C16H17O/c1-11(2)13-6-4-5-7-14(13)15-10-12(3)8-9-16(15)17/h4-11H,1-3H3. The number of rotatable bonds is 2. The quantitative estimate of drug-likeness (QED) is 0.690. The highest BCUT2D eigenvalue weighted by atomic mass is 16.3. The summed E-state index contributed by atoms with van der Waals surface area (Å²) in [7, 11) is 0. The third kappa shape index (κ3) is 2.33. The smallest absolute Gasteiger partial charge is 0.186 e. The fraction of sp³-hybridized carbons (Fsp3) is 0.250. The Morgan fingerprint density at radius 3 is 2.35 bits per heavy atom. The van der Waals surface area contributed by atoms with Gasteiger partial charge in [0.05, 0.1) is 0 Å². The van der Waals surface area contributed by atoms with Crippen molar-refractivity contribution in [3.8, 4) is 16.9 Å². The Balaban J connectivity index is 2.64. The van der Waals surface area contributed by atoms with Gasteiger partial charge < -0.3 is 0 Å². The molecule has 0 N–H and O–H groups in total. The lowest BCUT2D eigenvalue weighted by Crippen LogP contribution is -1.92. The summed E-state index contributed by atoms with van der Waals surface area (Å²) in [4.78, 5) is 0. The van der Waals surface area contributed by atoms with Gasteiger partial charge in [0, 0.05) is 5.56 Å². The Morgan fingerprint density at radius 2 is 1.65 bits per heavy atom. The molecule has 2 aromatic rings. The van der Waals surface area contributed by atoms with Crippen molar-refractivity contribution in [3.63, 3.8) is 0 Å². The van der Waals surface area contributed by atoms with Gasteiger partial charge in [-0.25, -0.2) is 0 Å². The van der Waals surface area contributed by atoms with Crippen LogP contribution in [0.4, 0.5) is 0 Å². The van der Waals surface area contributed by atoms with Crippen LogP contribution in [0.2, 0.25) is 0 Å². The van der Waals surface area contributed by atoms with Crippen molar-refractivity contribution in [1.82, 2.24) is 0 Å². The van der Waals surface area contributed by atoms with Gasteiger partial charge in [-0.05, 0) is 36.1 Å². The van der Waals surface area contributed by atoms with E-state index >= 15 is 0 Å². The molecule has 0 saturated heterocycles. The van der Waals surface area contributed by atoms with Crippen LogP contribution >= 0.6 is 0 Å². The van der Waals surface area contributed by atoms with Crippen LogP contribution in [0.15, 0.2) is 42.5 Å². The molecule has 0 aliphatic rings. The summed E-state index contributed by atoms with van der Waals surface area (Å²) in [5, 5.41) is 11.9. The summed E-state index contributed by atoms with van der Waals surface area (Å²) in [6.45, 7) is 6.32. The maximum absolute atomic E-state index is 11.9. The topological polar surface area (TPSA) is 19.9 Å². The van der Waals surface area contributed by atoms with E-state index in [1.165, 1.54) is 5.56 Å². The lowest BCUT2D eigenvalue weighted by atomic mass is 9.91. The Hall–Kier alpha value is -1.76. The summed E-state index contributed by atoms with van der Waals surface area (Å²) in [6, 6.07) is 13.6. The van der Waals surface area contributed by atoms with Crippen molar-refractivity contribution in [2.45, 2.75) is 26.7 Å². The molecule has 0 fully saturated rings. The third-order valence-corrected chi connectivity index (χ3v) is 3.01. The van der Waals surface area contributed by atoms with Crippen LogP contribution < -0.4 is 0 Å². The zero-order valence-corrected chi connectivity index (χ0v) is 10.5. The van der Waals surface area contributed by atoms with Crippen molar-refractivity contribution in [2.24, 2.45) is 0 Å². The fourth-order valence-corrected chi connectivity index (χ4v) is 2.10. The van der Waals surface area contributed by atoms with Gasteiger partial charge in [-0.3, -0.25) is 5.11 Å². The Morgan fingerprint density at radius 1 is 0.941 bits per heavy atom. The molecule has 0 aliphatic carbocycles. The molecule has 0 atom stereocenters. The SMILES string of the molecule is Cc1ccc([O])c(-c2ccccc2C(C)C)c1. The van der Waals surface area contributed by atoms with Gasteiger partial charge in [-0.15, -0.1) is 0 Å². The second kappa shape index (κ2) is 4.62. The number of hydrogen-bond acceptors (Lipinski definition) is 0. The molecular formula is C16H17O. The van der Waals surface area contributed by atoms with Crippen LogP contribution in [0.5, 0.6) is 5.75 Å². The van der Waals surface area contributed by atoms with Crippen LogP contribution in [-0.2, 0) is 5.11 Å². The molecule has 1 heteroatoms. The van der Waals surface area contributed by atoms with E-state index < -0.39 is 0 Å². The largest absolute Gasteiger partial charge is 0.289 e. The second-order valence-corrected chi connectivity index (χ2v) is 4.74. The number of benzene rings is 2. The molecule has 1 radical (unpaired) electrons. The summed E-state index contributed by atoms with van der Waals surface area (Å²) in [6.07, 6.45) is 0. The maximum atomic E-state index is 11.9. The van der Waals surface area contributed by atoms with Crippen molar-refractivity contribution < 1.29 is 5.11 Å². The predicted octanol–water partition coefficient (Wildman–Crippen LogP) is 4.93. The molecule has 0 saturated carbocycles. The second-order valence-electron chi connectivity index (χ2n) is 4.74. The van der Waals surface area contributed by atoms with E-state index in [9.17, 15) is 5.11 Å². The molecule has 2 aromatic carbocycles. The summed E-state index contributed by atoms with van der Waals surface area (Å²) in [5.74, 6) is 0.523. The first-order valence-corrected chi connectivity index (χ1v) is 5.96. The van der Waals surface area contributed by atoms with Crippen LogP contribution in [0.3, 0.4) is 0 Å². The lowest BCUT2D eigenvalue weighted by molar-refractivity contribution is 0.356. The van der Waals surface area contributed by atoms with Crippen molar-refractivity contribution in [3.05, 3.63) is 53.6 Å². The average molecular weight is 225 g/mol. The molecular weight excluding hydrogens is 208 g/mol. The summed E-state index contributed by atoms with van der Waals surface area (Å²) >= 11 is 0. The monoisotopic (exact) mass is 225 g/mol. The molecule has 0 aromatic heterocycles. The molecule has 17 heavy (non-hydrogen) atoms. The summed E-state index contributed by atoms with van der Waals surface area (Å²) < 4.78 is 0. The normalized spacial score (nSPS) is 10.8. The molecule has 1 nitrogen and oxygen atoms in total. The van der Waals surface area contributed by atoms with Gasteiger partial charge in [0.25, 0.3) is 0 Å². The number of aryl methyl sites for hydroxylation is 1. The van der Waals surface area contributed by atoms with Crippen LogP contribution in [0.1, 0.15) is 30.9 Å². The van der Waals surface area contributed by atoms with E-state index in [0.717, 1.165) is 16.7 Å². The molecule has 0 heterocycles. The van der Waals surface area contributed by atoms with Gasteiger partial charge in [-0.1, -0.05) is 49.7 Å². The summed E-state index contributed by atoms with van der Waals surface area (Å²) in [5.41, 5.74) is 4.24. The zero-order chi connectivity index (χ0) is 12.4. The van der Waals surface area contributed by atoms with E-state index in [-0.39, 0.29) is 5.75 Å². The van der Waals surface area contributed by atoms with Crippen molar-refractivity contribution in [2.75, 3.05) is 0 Å².